The molecule has 1 aromatic carbocycles. The van der Waals surface area contributed by atoms with E-state index < -0.39 is 0 Å². The minimum absolute atomic E-state index is 0.202. The molecule has 0 aliphatic carbocycles. The van der Waals surface area contributed by atoms with Gasteiger partial charge in [-0.1, -0.05) is 22.0 Å². The molecule has 0 spiro atoms. The van der Waals surface area contributed by atoms with E-state index in [1.165, 1.54) is 11.1 Å². The normalized spacial score (nSPS) is 11.8. The number of hydrogen-bond donors (Lipinski definition) is 2. The van der Waals surface area contributed by atoms with E-state index in [2.05, 4.69) is 72.5 Å². The molecule has 0 amide bonds. The van der Waals surface area contributed by atoms with Gasteiger partial charge >= 0.3 is 0 Å². The van der Waals surface area contributed by atoms with Crippen molar-refractivity contribution in [3.63, 3.8) is 0 Å². The number of halogens is 1. The summed E-state index contributed by atoms with van der Waals surface area (Å²) in [7, 11) is 0. The van der Waals surface area contributed by atoms with E-state index in [4.69, 9.17) is 0 Å². The second kappa shape index (κ2) is 6.53. The Morgan fingerprint density at radius 1 is 1.18 bits per heavy atom. The fraction of sp³-hybridized carbons (Fsp3) is 0.571. The second-order valence-corrected chi connectivity index (χ2v) is 6.34. The fourth-order valence-corrected chi connectivity index (χ4v) is 1.99. The highest BCUT2D eigenvalue weighted by molar-refractivity contribution is 9.10. The maximum atomic E-state index is 3.50. The number of benzene rings is 1. The van der Waals surface area contributed by atoms with Gasteiger partial charge in [0.2, 0.25) is 0 Å². The molecule has 0 atom stereocenters. The van der Waals surface area contributed by atoms with Gasteiger partial charge in [-0.3, -0.25) is 0 Å². The lowest BCUT2D eigenvalue weighted by atomic mass is 10.1. The van der Waals surface area contributed by atoms with Crippen LogP contribution in [0.25, 0.3) is 0 Å². The Morgan fingerprint density at radius 2 is 1.88 bits per heavy atom. The Morgan fingerprint density at radius 3 is 2.53 bits per heavy atom. The zero-order valence-electron chi connectivity index (χ0n) is 11.2. The van der Waals surface area contributed by atoms with Gasteiger partial charge in [-0.05, 0) is 51.0 Å². The monoisotopic (exact) mass is 298 g/mol. The largest absolute Gasteiger partial charge is 0.311 e. The first kappa shape index (κ1) is 14.7. The predicted octanol–water partition coefficient (Wildman–Crippen LogP) is 3.24. The summed E-state index contributed by atoms with van der Waals surface area (Å²) in [4.78, 5) is 0. The summed E-state index contributed by atoms with van der Waals surface area (Å²) in [6, 6.07) is 6.41. The zero-order valence-corrected chi connectivity index (χ0v) is 12.8. The summed E-state index contributed by atoms with van der Waals surface area (Å²) < 4.78 is 1.15. The van der Waals surface area contributed by atoms with Crippen LogP contribution in [0.5, 0.6) is 0 Å². The van der Waals surface area contributed by atoms with Crippen molar-refractivity contribution in [2.75, 3.05) is 13.1 Å². The van der Waals surface area contributed by atoms with Crippen LogP contribution in [0.1, 0.15) is 31.9 Å². The van der Waals surface area contributed by atoms with Gasteiger partial charge in [0.25, 0.3) is 0 Å². The van der Waals surface area contributed by atoms with Crippen molar-refractivity contribution < 1.29 is 0 Å². The van der Waals surface area contributed by atoms with Crippen LogP contribution in [0.15, 0.2) is 22.7 Å². The predicted molar refractivity (Wildman–Crippen MR) is 78.3 cm³/mol. The van der Waals surface area contributed by atoms with Gasteiger partial charge in [0.1, 0.15) is 0 Å². The molecule has 0 saturated heterocycles. The SMILES string of the molecule is Cc1ccc(Br)cc1CNCCNC(C)(C)C. The van der Waals surface area contributed by atoms with E-state index in [1.807, 2.05) is 0 Å². The first-order chi connectivity index (χ1) is 7.88. The third kappa shape index (κ3) is 6.20. The van der Waals surface area contributed by atoms with Gasteiger partial charge in [0, 0.05) is 29.6 Å². The molecule has 0 aliphatic heterocycles. The highest BCUT2D eigenvalue weighted by Crippen LogP contribution is 2.15. The average molecular weight is 299 g/mol. The molecular formula is C14H23BrN2. The molecule has 2 nitrogen and oxygen atoms in total. The molecule has 0 saturated carbocycles. The topological polar surface area (TPSA) is 24.1 Å². The van der Waals surface area contributed by atoms with Crippen LogP contribution in [-0.4, -0.2) is 18.6 Å². The highest BCUT2D eigenvalue weighted by Gasteiger charge is 2.07. The third-order valence-electron chi connectivity index (χ3n) is 2.58. The van der Waals surface area contributed by atoms with Crippen LogP contribution >= 0.6 is 15.9 Å². The zero-order chi connectivity index (χ0) is 12.9. The summed E-state index contributed by atoms with van der Waals surface area (Å²) in [5.74, 6) is 0. The quantitative estimate of drug-likeness (QED) is 0.816. The van der Waals surface area contributed by atoms with Crippen molar-refractivity contribution in [2.24, 2.45) is 0 Å². The van der Waals surface area contributed by atoms with Crippen LogP contribution in [0.4, 0.5) is 0 Å². The van der Waals surface area contributed by atoms with Crippen molar-refractivity contribution in [1.29, 1.82) is 0 Å². The molecule has 96 valence electrons. The standard InChI is InChI=1S/C14H23BrN2/c1-11-5-6-13(15)9-12(11)10-16-7-8-17-14(2,3)4/h5-6,9,16-17H,7-8,10H2,1-4H3. The van der Waals surface area contributed by atoms with Crippen molar-refractivity contribution in [2.45, 2.75) is 39.8 Å². The first-order valence-corrected chi connectivity index (χ1v) is 6.88. The van der Waals surface area contributed by atoms with Crippen molar-refractivity contribution >= 4 is 15.9 Å². The molecular weight excluding hydrogens is 276 g/mol. The van der Waals surface area contributed by atoms with Gasteiger partial charge in [-0.15, -0.1) is 0 Å². The molecule has 0 radical (unpaired) electrons. The van der Waals surface area contributed by atoms with Gasteiger partial charge in [0.05, 0.1) is 0 Å². The number of hydrogen-bond acceptors (Lipinski definition) is 2. The van der Waals surface area contributed by atoms with E-state index in [1.54, 1.807) is 0 Å². The number of nitrogens with one attached hydrogen (secondary N) is 2. The van der Waals surface area contributed by atoms with Crippen molar-refractivity contribution in [3.8, 4) is 0 Å². The molecule has 0 heterocycles. The smallest absolute Gasteiger partial charge is 0.0209 e. The van der Waals surface area contributed by atoms with Crippen molar-refractivity contribution in [1.82, 2.24) is 10.6 Å². The minimum atomic E-state index is 0.202. The molecule has 0 fully saturated rings. The Hall–Kier alpha value is -0.380. The van der Waals surface area contributed by atoms with Crippen LogP contribution in [0.2, 0.25) is 0 Å². The molecule has 3 heteroatoms. The molecule has 17 heavy (non-hydrogen) atoms. The van der Waals surface area contributed by atoms with Crippen LogP contribution in [0, 0.1) is 6.92 Å². The molecule has 0 aliphatic rings. The van der Waals surface area contributed by atoms with E-state index in [0.29, 0.717) is 0 Å². The fourth-order valence-electron chi connectivity index (χ4n) is 1.58. The maximum Gasteiger partial charge on any atom is 0.0209 e. The van der Waals surface area contributed by atoms with Crippen LogP contribution in [0.3, 0.4) is 0 Å². The number of aryl methyl sites for hydroxylation is 1. The summed E-state index contributed by atoms with van der Waals surface area (Å²) >= 11 is 3.50. The van der Waals surface area contributed by atoms with Crippen LogP contribution in [-0.2, 0) is 6.54 Å². The van der Waals surface area contributed by atoms with E-state index >= 15 is 0 Å². The van der Waals surface area contributed by atoms with Gasteiger partial charge < -0.3 is 10.6 Å². The Labute approximate surface area is 113 Å². The lowest BCUT2D eigenvalue weighted by Crippen LogP contribution is -2.40. The van der Waals surface area contributed by atoms with Crippen molar-refractivity contribution in [3.05, 3.63) is 33.8 Å². The van der Waals surface area contributed by atoms with Gasteiger partial charge in [-0.25, -0.2) is 0 Å². The Kier molecular flexibility index (Phi) is 5.63. The van der Waals surface area contributed by atoms with E-state index in [9.17, 15) is 0 Å². The van der Waals surface area contributed by atoms with Crippen LogP contribution < -0.4 is 10.6 Å². The Balaban J connectivity index is 2.29. The lowest BCUT2D eigenvalue weighted by Gasteiger charge is -2.20. The third-order valence-corrected chi connectivity index (χ3v) is 3.08. The summed E-state index contributed by atoms with van der Waals surface area (Å²) in [5, 5.41) is 6.92. The number of rotatable bonds is 5. The molecule has 1 rings (SSSR count). The van der Waals surface area contributed by atoms with Gasteiger partial charge in [0.15, 0.2) is 0 Å². The molecule has 1 aromatic rings. The second-order valence-electron chi connectivity index (χ2n) is 5.42. The summed E-state index contributed by atoms with van der Waals surface area (Å²) in [6.45, 7) is 11.6. The van der Waals surface area contributed by atoms with E-state index in [0.717, 1.165) is 24.1 Å². The Bertz CT molecular complexity index is 356. The highest BCUT2D eigenvalue weighted by atomic mass is 79.9. The van der Waals surface area contributed by atoms with E-state index in [-0.39, 0.29) is 5.54 Å². The minimum Gasteiger partial charge on any atom is -0.311 e. The molecule has 0 aromatic heterocycles. The lowest BCUT2D eigenvalue weighted by molar-refractivity contribution is 0.421. The summed E-state index contributed by atoms with van der Waals surface area (Å²) in [6.07, 6.45) is 0. The van der Waals surface area contributed by atoms with Gasteiger partial charge in [-0.2, -0.15) is 0 Å². The molecule has 2 N–H and O–H groups in total. The average Bonchev–Trinajstić information content (AvgIpc) is 2.21. The first-order valence-electron chi connectivity index (χ1n) is 6.09. The molecule has 0 unspecified atom stereocenters. The summed E-state index contributed by atoms with van der Waals surface area (Å²) in [5.41, 5.74) is 2.90. The maximum absolute atomic E-state index is 3.50. The molecule has 0 bridgehead atoms.